The van der Waals surface area contributed by atoms with E-state index in [9.17, 15) is 13.6 Å². The maximum Gasteiger partial charge on any atom is 0.286 e. The maximum absolute atomic E-state index is 13.6. The van der Waals surface area contributed by atoms with Crippen molar-refractivity contribution in [3.05, 3.63) is 46.3 Å². The number of azide groups is 1. The van der Waals surface area contributed by atoms with Crippen LogP contribution in [0.2, 0.25) is 0 Å². The lowest BCUT2D eigenvalue weighted by Crippen LogP contribution is -2.43. The minimum absolute atomic E-state index is 0.114. The van der Waals surface area contributed by atoms with Crippen LogP contribution in [-0.2, 0) is 16.1 Å². The number of carbonyl (C=O) groups is 1. The summed E-state index contributed by atoms with van der Waals surface area (Å²) < 4.78 is 32.2. The van der Waals surface area contributed by atoms with E-state index >= 15 is 0 Å². The SMILES string of the molecule is CC(=O)[C@@H](OCc1ccccc1)C(F)(F)CN=[N+]=[N-]. The van der Waals surface area contributed by atoms with Crippen LogP contribution < -0.4 is 0 Å². The van der Waals surface area contributed by atoms with Gasteiger partial charge in [0.05, 0.1) is 13.2 Å². The molecule has 0 radical (unpaired) electrons. The normalized spacial score (nSPS) is 12.6. The van der Waals surface area contributed by atoms with Crippen LogP contribution in [0.15, 0.2) is 35.4 Å². The number of ether oxygens (including phenoxy) is 1. The average molecular weight is 269 g/mol. The van der Waals surface area contributed by atoms with Crippen molar-refractivity contribution in [2.45, 2.75) is 25.6 Å². The number of hydrogen-bond donors (Lipinski definition) is 0. The van der Waals surface area contributed by atoms with Crippen LogP contribution in [0.4, 0.5) is 8.78 Å². The van der Waals surface area contributed by atoms with Gasteiger partial charge in [-0.15, -0.1) is 0 Å². The Morgan fingerprint density at radius 2 is 2.11 bits per heavy atom. The van der Waals surface area contributed by atoms with Crippen molar-refractivity contribution in [2.24, 2.45) is 5.11 Å². The van der Waals surface area contributed by atoms with E-state index in [0.717, 1.165) is 6.92 Å². The van der Waals surface area contributed by atoms with Crippen LogP contribution >= 0.6 is 0 Å². The number of nitrogens with zero attached hydrogens (tertiary/aromatic N) is 3. The topological polar surface area (TPSA) is 75.1 Å². The monoisotopic (exact) mass is 269 g/mol. The number of carbonyl (C=O) groups excluding carboxylic acids is 1. The summed E-state index contributed by atoms with van der Waals surface area (Å²) in [6.07, 6.45) is -1.92. The van der Waals surface area contributed by atoms with Crippen molar-refractivity contribution in [1.29, 1.82) is 0 Å². The van der Waals surface area contributed by atoms with Crippen LogP contribution in [0.5, 0.6) is 0 Å². The van der Waals surface area contributed by atoms with Crippen molar-refractivity contribution in [2.75, 3.05) is 6.54 Å². The summed E-state index contributed by atoms with van der Waals surface area (Å²) in [7, 11) is 0. The molecule has 19 heavy (non-hydrogen) atoms. The zero-order chi connectivity index (χ0) is 14.3. The molecule has 0 aliphatic carbocycles. The first kappa shape index (κ1) is 15.1. The van der Waals surface area contributed by atoms with Gasteiger partial charge in [0.1, 0.15) is 0 Å². The summed E-state index contributed by atoms with van der Waals surface area (Å²) in [5.41, 5.74) is 8.73. The van der Waals surface area contributed by atoms with E-state index in [1.165, 1.54) is 0 Å². The molecule has 0 aliphatic heterocycles. The number of benzene rings is 1. The van der Waals surface area contributed by atoms with E-state index in [-0.39, 0.29) is 6.61 Å². The number of rotatable bonds is 7. The Morgan fingerprint density at radius 1 is 1.47 bits per heavy atom. The standard InChI is InChI=1S/C12H13F2N3O2/c1-9(18)11(12(13,14)8-16-17-15)19-7-10-5-3-2-4-6-10/h2-6,11H,7-8H2,1H3/t11-/m1/s1. The van der Waals surface area contributed by atoms with Gasteiger partial charge in [-0.3, -0.25) is 4.79 Å². The number of alkyl halides is 2. The third-order valence-electron chi connectivity index (χ3n) is 2.36. The van der Waals surface area contributed by atoms with Crippen molar-refractivity contribution < 1.29 is 18.3 Å². The second-order valence-corrected chi connectivity index (χ2v) is 3.94. The second kappa shape index (κ2) is 6.82. The molecule has 0 bridgehead atoms. The maximum atomic E-state index is 13.6. The molecule has 0 heterocycles. The average Bonchev–Trinajstić information content (AvgIpc) is 2.37. The van der Waals surface area contributed by atoms with Gasteiger partial charge in [0.15, 0.2) is 11.9 Å². The third-order valence-corrected chi connectivity index (χ3v) is 2.36. The molecule has 1 atom stereocenters. The summed E-state index contributed by atoms with van der Waals surface area (Å²) in [5, 5.41) is 2.80. The van der Waals surface area contributed by atoms with Gasteiger partial charge >= 0.3 is 0 Å². The van der Waals surface area contributed by atoms with Gasteiger partial charge in [0.2, 0.25) is 0 Å². The van der Waals surface area contributed by atoms with E-state index in [2.05, 4.69) is 10.0 Å². The fourth-order valence-electron chi connectivity index (χ4n) is 1.50. The van der Waals surface area contributed by atoms with Crippen molar-refractivity contribution >= 4 is 5.78 Å². The Labute approximate surface area is 108 Å². The quantitative estimate of drug-likeness (QED) is 0.433. The predicted molar refractivity (Wildman–Crippen MR) is 64.7 cm³/mol. The highest BCUT2D eigenvalue weighted by Gasteiger charge is 2.43. The highest BCUT2D eigenvalue weighted by molar-refractivity contribution is 5.81. The van der Waals surface area contributed by atoms with E-state index in [0.29, 0.717) is 5.56 Å². The van der Waals surface area contributed by atoms with Gasteiger partial charge in [-0.05, 0) is 18.0 Å². The molecule has 0 aliphatic rings. The van der Waals surface area contributed by atoms with Crippen LogP contribution in [-0.4, -0.2) is 24.4 Å². The second-order valence-electron chi connectivity index (χ2n) is 3.94. The minimum Gasteiger partial charge on any atom is -0.359 e. The smallest absolute Gasteiger partial charge is 0.286 e. The fourth-order valence-corrected chi connectivity index (χ4v) is 1.50. The molecule has 0 unspecified atom stereocenters. The minimum atomic E-state index is -3.52. The lowest BCUT2D eigenvalue weighted by Gasteiger charge is -2.23. The van der Waals surface area contributed by atoms with Crippen LogP contribution in [0, 0.1) is 0 Å². The van der Waals surface area contributed by atoms with Crippen LogP contribution in [0.25, 0.3) is 10.4 Å². The predicted octanol–water partition coefficient (Wildman–Crippen LogP) is 3.11. The van der Waals surface area contributed by atoms with Gasteiger partial charge in [-0.2, -0.15) is 0 Å². The lowest BCUT2D eigenvalue weighted by molar-refractivity contribution is -0.161. The molecule has 1 aromatic rings. The molecule has 0 saturated carbocycles. The van der Waals surface area contributed by atoms with Crippen molar-refractivity contribution in [3.8, 4) is 0 Å². The van der Waals surface area contributed by atoms with Gasteiger partial charge in [-0.1, -0.05) is 35.4 Å². The zero-order valence-corrected chi connectivity index (χ0v) is 10.3. The Kier molecular flexibility index (Phi) is 5.41. The third kappa shape index (κ3) is 4.65. The molecular weight excluding hydrogens is 256 g/mol. The first-order valence-corrected chi connectivity index (χ1v) is 5.52. The summed E-state index contributed by atoms with van der Waals surface area (Å²) in [5.74, 6) is -4.33. The molecular formula is C12H13F2N3O2. The number of Topliss-reactive ketones (excluding diaryl/α,β-unsaturated/α-hetero) is 1. The van der Waals surface area contributed by atoms with E-state index in [4.69, 9.17) is 10.3 Å². The van der Waals surface area contributed by atoms with Crippen LogP contribution in [0.1, 0.15) is 12.5 Å². The first-order chi connectivity index (χ1) is 8.97. The van der Waals surface area contributed by atoms with E-state index < -0.39 is 24.4 Å². The van der Waals surface area contributed by atoms with Gasteiger partial charge in [-0.25, -0.2) is 8.78 Å². The molecule has 5 nitrogen and oxygen atoms in total. The lowest BCUT2D eigenvalue weighted by atomic mass is 10.1. The number of hydrogen-bond acceptors (Lipinski definition) is 3. The van der Waals surface area contributed by atoms with Crippen molar-refractivity contribution in [3.63, 3.8) is 0 Å². The summed E-state index contributed by atoms with van der Waals surface area (Å²) in [4.78, 5) is 13.5. The molecule has 0 saturated heterocycles. The molecule has 102 valence electrons. The molecule has 1 rings (SSSR count). The Balaban J connectivity index is 2.73. The Morgan fingerprint density at radius 3 is 2.63 bits per heavy atom. The first-order valence-electron chi connectivity index (χ1n) is 5.52. The number of ketones is 1. The molecule has 0 spiro atoms. The molecule has 0 aromatic heterocycles. The molecule has 0 N–H and O–H groups in total. The van der Waals surface area contributed by atoms with Gasteiger partial charge < -0.3 is 4.74 Å². The highest BCUT2D eigenvalue weighted by atomic mass is 19.3. The summed E-state index contributed by atoms with van der Waals surface area (Å²) >= 11 is 0. The van der Waals surface area contributed by atoms with E-state index in [1.54, 1.807) is 30.3 Å². The summed E-state index contributed by atoms with van der Waals surface area (Å²) in [6, 6.07) is 8.65. The van der Waals surface area contributed by atoms with Crippen LogP contribution in [0.3, 0.4) is 0 Å². The van der Waals surface area contributed by atoms with Gasteiger partial charge in [0, 0.05) is 4.91 Å². The molecule has 7 heteroatoms. The molecule has 0 fully saturated rings. The fraction of sp³-hybridized carbons (Fsp3) is 0.417. The molecule has 1 aromatic carbocycles. The zero-order valence-electron chi connectivity index (χ0n) is 10.3. The Hall–Kier alpha value is -1.98. The van der Waals surface area contributed by atoms with E-state index in [1.807, 2.05) is 0 Å². The number of halogens is 2. The Bertz CT molecular complexity index is 473. The van der Waals surface area contributed by atoms with Crippen molar-refractivity contribution in [1.82, 2.24) is 0 Å². The summed E-state index contributed by atoms with van der Waals surface area (Å²) in [6.45, 7) is -0.209. The molecule has 0 amide bonds. The van der Waals surface area contributed by atoms with Gasteiger partial charge in [0.25, 0.3) is 5.92 Å². The largest absolute Gasteiger partial charge is 0.359 e. The highest BCUT2D eigenvalue weighted by Crippen LogP contribution is 2.24.